The molecule has 0 amide bonds. The van der Waals surface area contributed by atoms with Crippen molar-refractivity contribution in [1.29, 1.82) is 0 Å². The third-order valence-corrected chi connectivity index (χ3v) is 1.99. The van der Waals surface area contributed by atoms with Gasteiger partial charge in [-0.1, -0.05) is 0 Å². The second-order valence-electron chi connectivity index (χ2n) is 2.49. The van der Waals surface area contributed by atoms with Gasteiger partial charge in [-0.25, -0.2) is 4.21 Å². The molecular formula is C7H8N2O5S. The number of nitro benzene ring substituents is 1. The summed E-state index contributed by atoms with van der Waals surface area (Å²) < 4.78 is 25.9. The van der Waals surface area contributed by atoms with Crippen molar-refractivity contribution in [1.82, 2.24) is 0 Å². The highest BCUT2D eigenvalue weighted by atomic mass is 32.2. The fraction of sp³-hybridized carbons (Fsp3) is 0.143. The zero-order valence-corrected chi connectivity index (χ0v) is 8.48. The first-order valence-electron chi connectivity index (χ1n) is 3.74. The van der Waals surface area contributed by atoms with Gasteiger partial charge in [-0.3, -0.25) is 19.4 Å². The van der Waals surface area contributed by atoms with Crippen LogP contribution in [-0.4, -0.2) is 20.8 Å². The first-order chi connectivity index (χ1) is 7.04. The summed E-state index contributed by atoms with van der Waals surface area (Å²) in [5.41, 5.74) is -0.363. The number of rotatable bonds is 4. The summed E-state index contributed by atoms with van der Waals surface area (Å²) in [6.07, 6.45) is 0. The lowest BCUT2D eigenvalue weighted by Crippen LogP contribution is -2.04. The number of anilines is 1. The second-order valence-corrected chi connectivity index (χ2v) is 3.19. The minimum Gasteiger partial charge on any atom is -0.497 e. The summed E-state index contributed by atoms with van der Waals surface area (Å²) >= 11 is -2.36. The van der Waals surface area contributed by atoms with E-state index in [1.165, 1.54) is 25.3 Å². The number of benzene rings is 1. The van der Waals surface area contributed by atoms with Crippen LogP contribution in [0.3, 0.4) is 0 Å². The molecule has 7 nitrogen and oxygen atoms in total. The summed E-state index contributed by atoms with van der Waals surface area (Å²) in [5, 5.41) is 10.5. The molecule has 0 saturated carbocycles. The summed E-state index contributed by atoms with van der Waals surface area (Å²) in [4.78, 5) is 9.89. The van der Waals surface area contributed by atoms with Crippen molar-refractivity contribution in [2.75, 3.05) is 11.8 Å². The molecule has 8 heteroatoms. The topological polar surface area (TPSA) is 102 Å². The Labute approximate surface area is 87.6 Å². The van der Waals surface area contributed by atoms with E-state index in [1.54, 1.807) is 0 Å². The van der Waals surface area contributed by atoms with E-state index in [-0.39, 0.29) is 11.4 Å². The highest BCUT2D eigenvalue weighted by Crippen LogP contribution is 2.28. The van der Waals surface area contributed by atoms with Gasteiger partial charge in [0.05, 0.1) is 12.0 Å². The van der Waals surface area contributed by atoms with Crippen LogP contribution >= 0.6 is 0 Å². The predicted molar refractivity (Wildman–Crippen MR) is 54.0 cm³/mol. The standard InChI is InChI=1S/C7H8N2O5S/c1-14-5-2-3-7(9(10)11)6(4-5)8-15(12)13/h2-4,8H,1H3,(H,12,13). The molecule has 0 aromatic heterocycles. The summed E-state index contributed by atoms with van der Waals surface area (Å²) in [6, 6.07) is 3.85. The number of hydrogen-bond donors (Lipinski definition) is 2. The number of methoxy groups -OCH3 is 1. The molecular weight excluding hydrogens is 224 g/mol. The number of nitrogens with one attached hydrogen (secondary N) is 1. The monoisotopic (exact) mass is 232 g/mol. The van der Waals surface area contributed by atoms with E-state index in [0.717, 1.165) is 0 Å². The summed E-state index contributed by atoms with van der Waals surface area (Å²) in [5.74, 6) is 0.355. The third-order valence-electron chi connectivity index (χ3n) is 1.60. The Morgan fingerprint density at radius 3 is 2.73 bits per heavy atom. The maximum Gasteiger partial charge on any atom is 0.293 e. The first-order valence-corrected chi connectivity index (χ1v) is 4.85. The Morgan fingerprint density at radius 1 is 1.60 bits per heavy atom. The SMILES string of the molecule is COc1ccc([N+](=O)[O-])c(NS(=O)O)c1. The van der Waals surface area contributed by atoms with Gasteiger partial charge in [0.1, 0.15) is 11.4 Å². The maximum absolute atomic E-state index is 10.5. The Bertz CT molecular complexity index is 408. The van der Waals surface area contributed by atoms with E-state index in [9.17, 15) is 14.3 Å². The molecule has 2 N–H and O–H groups in total. The summed E-state index contributed by atoms with van der Waals surface area (Å²) in [7, 11) is 1.39. The Morgan fingerprint density at radius 2 is 2.27 bits per heavy atom. The first kappa shape index (κ1) is 11.4. The molecule has 1 rings (SSSR count). The number of ether oxygens (including phenoxy) is 1. The van der Waals surface area contributed by atoms with Crippen LogP contribution in [0.1, 0.15) is 0 Å². The third kappa shape index (κ3) is 2.89. The smallest absolute Gasteiger partial charge is 0.293 e. The summed E-state index contributed by atoms with van der Waals surface area (Å²) in [6.45, 7) is 0. The van der Waals surface area contributed by atoms with E-state index in [4.69, 9.17) is 9.29 Å². The van der Waals surface area contributed by atoms with Crippen LogP contribution < -0.4 is 9.46 Å². The quantitative estimate of drug-likeness (QED) is 0.460. The average molecular weight is 232 g/mol. The Kier molecular flexibility index (Phi) is 3.58. The van der Waals surface area contributed by atoms with Gasteiger partial charge in [0.15, 0.2) is 0 Å². The molecule has 15 heavy (non-hydrogen) atoms. The van der Waals surface area contributed by atoms with Crippen LogP contribution in [0.2, 0.25) is 0 Å². The number of nitrogens with zero attached hydrogens (tertiary/aromatic N) is 1. The average Bonchev–Trinajstić information content (AvgIpc) is 2.16. The van der Waals surface area contributed by atoms with E-state index in [2.05, 4.69) is 0 Å². The van der Waals surface area contributed by atoms with Gasteiger partial charge in [-0.15, -0.1) is 0 Å². The van der Waals surface area contributed by atoms with Gasteiger partial charge in [0, 0.05) is 12.1 Å². The van der Waals surface area contributed by atoms with E-state index in [0.29, 0.717) is 5.75 Å². The maximum atomic E-state index is 10.5. The lowest BCUT2D eigenvalue weighted by molar-refractivity contribution is -0.383. The van der Waals surface area contributed by atoms with Crippen LogP contribution in [0.4, 0.5) is 11.4 Å². The van der Waals surface area contributed by atoms with Crippen molar-refractivity contribution in [3.8, 4) is 5.75 Å². The van der Waals surface area contributed by atoms with Crippen LogP contribution in [0.25, 0.3) is 0 Å². The van der Waals surface area contributed by atoms with Gasteiger partial charge >= 0.3 is 0 Å². The number of nitro groups is 1. The molecule has 0 saturated heterocycles. The molecule has 1 aromatic carbocycles. The highest BCUT2D eigenvalue weighted by molar-refractivity contribution is 7.80. The molecule has 0 fully saturated rings. The van der Waals surface area contributed by atoms with Crippen molar-refractivity contribution < 1.29 is 18.4 Å². The molecule has 0 aliphatic rings. The van der Waals surface area contributed by atoms with Crippen molar-refractivity contribution in [2.45, 2.75) is 0 Å². The largest absolute Gasteiger partial charge is 0.497 e. The van der Waals surface area contributed by atoms with Crippen molar-refractivity contribution in [2.24, 2.45) is 0 Å². The molecule has 0 aliphatic heterocycles. The van der Waals surface area contributed by atoms with Crippen LogP contribution in [0, 0.1) is 10.1 Å². The zero-order valence-electron chi connectivity index (χ0n) is 7.67. The molecule has 0 radical (unpaired) electrons. The minimum atomic E-state index is -2.36. The molecule has 0 aliphatic carbocycles. The van der Waals surface area contributed by atoms with Gasteiger partial charge < -0.3 is 4.74 Å². The predicted octanol–water partition coefficient (Wildman–Crippen LogP) is 1.15. The lowest BCUT2D eigenvalue weighted by atomic mass is 10.2. The van der Waals surface area contributed by atoms with Crippen molar-refractivity contribution >= 4 is 22.6 Å². The molecule has 0 bridgehead atoms. The lowest BCUT2D eigenvalue weighted by Gasteiger charge is -2.05. The Balaban J connectivity index is 3.16. The fourth-order valence-electron chi connectivity index (χ4n) is 0.977. The van der Waals surface area contributed by atoms with Gasteiger partial charge in [-0.05, 0) is 6.07 Å². The minimum absolute atomic E-state index is 0.0693. The van der Waals surface area contributed by atoms with E-state index < -0.39 is 16.2 Å². The fourth-order valence-corrected chi connectivity index (χ4v) is 1.33. The molecule has 1 aromatic rings. The van der Waals surface area contributed by atoms with Crippen LogP contribution in [0.15, 0.2) is 18.2 Å². The van der Waals surface area contributed by atoms with Gasteiger partial charge in [0.25, 0.3) is 17.0 Å². The van der Waals surface area contributed by atoms with E-state index in [1.807, 2.05) is 4.72 Å². The Hall–Kier alpha value is -1.67. The molecule has 0 spiro atoms. The van der Waals surface area contributed by atoms with Crippen molar-refractivity contribution in [3.63, 3.8) is 0 Å². The molecule has 1 atom stereocenters. The number of hydrogen-bond acceptors (Lipinski definition) is 4. The van der Waals surface area contributed by atoms with Crippen molar-refractivity contribution in [3.05, 3.63) is 28.3 Å². The van der Waals surface area contributed by atoms with Crippen LogP contribution in [-0.2, 0) is 11.3 Å². The highest BCUT2D eigenvalue weighted by Gasteiger charge is 2.15. The van der Waals surface area contributed by atoms with Gasteiger partial charge in [0.2, 0.25) is 0 Å². The molecule has 0 heterocycles. The zero-order chi connectivity index (χ0) is 11.4. The van der Waals surface area contributed by atoms with E-state index >= 15 is 0 Å². The molecule has 1 unspecified atom stereocenters. The second kappa shape index (κ2) is 4.71. The molecule has 82 valence electrons. The van der Waals surface area contributed by atoms with Gasteiger partial charge in [-0.2, -0.15) is 0 Å². The van der Waals surface area contributed by atoms with Crippen LogP contribution in [0.5, 0.6) is 5.75 Å². The normalized spacial score (nSPS) is 11.9.